The van der Waals surface area contributed by atoms with Crippen LogP contribution in [0.1, 0.15) is 59.7 Å². The number of oxime groups is 1. The maximum Gasteiger partial charge on any atom is 0.407 e. The zero-order valence-corrected chi connectivity index (χ0v) is 30.9. The predicted octanol–water partition coefficient (Wildman–Crippen LogP) is 1.01. The molecule has 278 valence electrons. The molecule has 1 fully saturated rings. The summed E-state index contributed by atoms with van der Waals surface area (Å²) in [5, 5.41) is 30.6. The van der Waals surface area contributed by atoms with Gasteiger partial charge >= 0.3 is 18.0 Å². The number of carboxylic acids is 1. The second-order valence-electron chi connectivity index (χ2n) is 12.0. The fraction of sp³-hybridized carbons (Fsp3) is 0.607. The Morgan fingerprint density at radius 2 is 2.00 bits per heavy atom. The lowest BCUT2D eigenvalue weighted by atomic mass is 10.0. The van der Waals surface area contributed by atoms with Crippen molar-refractivity contribution in [3.63, 3.8) is 0 Å². The third-order valence-corrected chi connectivity index (χ3v) is 9.80. The number of β-lactam (4-membered cyclic amide) rings is 1. The Kier molecular flexibility index (Phi) is 13.6. The molecule has 0 spiro atoms. The van der Waals surface area contributed by atoms with Crippen molar-refractivity contribution in [3.8, 4) is 0 Å². The van der Waals surface area contributed by atoms with Crippen molar-refractivity contribution in [2.24, 2.45) is 5.16 Å². The van der Waals surface area contributed by atoms with Crippen LogP contribution in [-0.4, -0.2) is 123 Å². The largest absolute Gasteiger partial charge is 0.477 e. The number of nitrogens with one attached hydrogen (secondary N) is 2. The van der Waals surface area contributed by atoms with Gasteiger partial charge in [-0.25, -0.2) is 19.1 Å². The number of rotatable bonds is 17. The summed E-state index contributed by atoms with van der Waals surface area (Å²) in [6.45, 7) is 9.54. The van der Waals surface area contributed by atoms with Gasteiger partial charge in [-0.3, -0.25) is 14.5 Å². The van der Waals surface area contributed by atoms with Crippen molar-refractivity contribution in [1.29, 1.82) is 0 Å². The molecule has 20 nitrogen and oxygen atoms in total. The Labute approximate surface area is 304 Å². The third-order valence-electron chi connectivity index (χ3n) is 6.87. The summed E-state index contributed by atoms with van der Waals surface area (Å²) in [6.07, 6.45) is 0.293. The topological polar surface area (TPSA) is 268 Å². The van der Waals surface area contributed by atoms with Crippen molar-refractivity contribution >= 4 is 75.7 Å². The molecule has 1 saturated heterocycles. The molecule has 5 N–H and O–H groups in total. The maximum absolute atomic E-state index is 13.4. The summed E-state index contributed by atoms with van der Waals surface area (Å²) in [5.74, 6) is -3.32. The SMILES string of the molecule is CCCCOC(=O)C(C)O/N=C(\C(=O)NC1C(=O)N2C(C(=O)O)=C(CSc3nnnn3CCCNC(=O)OC(C)(C)C)CS[C@H]12)c1nsc(N)n1. The molecule has 0 aromatic carbocycles. The van der Waals surface area contributed by atoms with Crippen molar-refractivity contribution in [2.45, 2.75) is 88.7 Å². The molecule has 0 saturated carbocycles. The number of esters is 1. The average molecular weight is 770 g/mol. The Hall–Kier alpha value is -4.51. The van der Waals surface area contributed by atoms with Gasteiger partial charge in [-0.2, -0.15) is 9.36 Å². The number of amides is 3. The Bertz CT molecular complexity index is 1670. The number of nitrogen functional groups attached to an aromatic ring is 1. The van der Waals surface area contributed by atoms with E-state index in [4.69, 9.17) is 20.0 Å². The second kappa shape index (κ2) is 17.6. The van der Waals surface area contributed by atoms with E-state index >= 15 is 0 Å². The highest BCUT2D eigenvalue weighted by atomic mass is 32.2. The number of anilines is 1. The number of nitrogens with two attached hydrogens (primary N) is 1. The summed E-state index contributed by atoms with van der Waals surface area (Å²) < 4.78 is 15.9. The maximum atomic E-state index is 13.4. The smallest absolute Gasteiger partial charge is 0.407 e. The number of carbonyl (C=O) groups excluding carboxylic acids is 4. The standard InChI is InChI=1S/C28H39N11O9S3/c1-6-7-11-46-24(44)14(2)48-34-16(19-32-25(29)51-35-19)20(40)31-17-21(41)39-18(23(42)43)15(12-49-22(17)39)13-50-26-33-36-37-38(26)10-8-9-30-27(45)47-28(3,4)5/h14,17,22H,6-13H2,1-5H3,(H,30,45)(H,31,40)(H,42,43)(H2,29,32,35)/b34-16-/t14?,17?,22-/m1/s1. The normalized spacial score (nSPS) is 18.0. The summed E-state index contributed by atoms with van der Waals surface area (Å²) in [5.41, 5.74) is 4.92. The van der Waals surface area contributed by atoms with Crippen LogP contribution in [0.25, 0.3) is 0 Å². The first-order valence-electron chi connectivity index (χ1n) is 15.8. The molecule has 4 rings (SSSR count). The number of aromatic nitrogens is 6. The van der Waals surface area contributed by atoms with E-state index in [1.54, 1.807) is 20.8 Å². The zero-order chi connectivity index (χ0) is 37.3. The van der Waals surface area contributed by atoms with Crippen molar-refractivity contribution < 1.29 is 43.4 Å². The molecule has 2 aliphatic heterocycles. The lowest BCUT2D eigenvalue weighted by Gasteiger charge is -2.49. The van der Waals surface area contributed by atoms with Gasteiger partial charge in [-0.15, -0.1) is 16.9 Å². The Morgan fingerprint density at radius 1 is 1.24 bits per heavy atom. The molecule has 2 unspecified atom stereocenters. The minimum atomic E-state index is -1.31. The Balaban J connectivity index is 1.38. The summed E-state index contributed by atoms with van der Waals surface area (Å²) in [4.78, 5) is 73.6. The van der Waals surface area contributed by atoms with E-state index in [0.29, 0.717) is 36.7 Å². The number of carbonyl (C=O) groups is 5. The number of hydrogen-bond donors (Lipinski definition) is 4. The van der Waals surface area contributed by atoms with Gasteiger partial charge in [-0.05, 0) is 56.5 Å². The highest BCUT2D eigenvalue weighted by molar-refractivity contribution is 8.01. The Morgan fingerprint density at radius 3 is 2.67 bits per heavy atom. The molecule has 3 atom stereocenters. The van der Waals surface area contributed by atoms with Gasteiger partial charge in [0, 0.05) is 36.1 Å². The molecule has 3 amide bonds. The van der Waals surface area contributed by atoms with E-state index in [2.05, 4.69) is 40.7 Å². The molecule has 2 aromatic rings. The summed E-state index contributed by atoms with van der Waals surface area (Å²) >= 11 is 3.27. The zero-order valence-electron chi connectivity index (χ0n) is 28.5. The highest BCUT2D eigenvalue weighted by Gasteiger charge is 2.54. The summed E-state index contributed by atoms with van der Waals surface area (Å²) in [6, 6.07) is -1.11. The summed E-state index contributed by atoms with van der Waals surface area (Å²) in [7, 11) is 0. The monoisotopic (exact) mass is 769 g/mol. The molecule has 0 radical (unpaired) electrons. The number of tetrazole rings is 1. The number of unbranched alkanes of at least 4 members (excludes halogenated alkanes) is 1. The first kappa shape index (κ1) is 39.3. The van der Waals surface area contributed by atoms with Crippen LogP contribution < -0.4 is 16.4 Å². The van der Waals surface area contributed by atoms with E-state index in [9.17, 15) is 29.1 Å². The number of hydrogen-bond acceptors (Lipinski definition) is 18. The quantitative estimate of drug-likeness (QED) is 0.0436. The second-order valence-corrected chi connectivity index (χ2v) is 14.9. The van der Waals surface area contributed by atoms with Gasteiger partial charge in [0.05, 0.1) is 6.61 Å². The molecule has 51 heavy (non-hydrogen) atoms. The van der Waals surface area contributed by atoms with E-state index in [0.717, 1.165) is 22.9 Å². The van der Waals surface area contributed by atoms with Crippen LogP contribution in [0.4, 0.5) is 9.93 Å². The highest BCUT2D eigenvalue weighted by Crippen LogP contribution is 2.41. The van der Waals surface area contributed by atoms with Crippen molar-refractivity contribution in [2.75, 3.05) is 30.4 Å². The molecule has 23 heteroatoms. The van der Waals surface area contributed by atoms with Crippen LogP contribution in [0.3, 0.4) is 0 Å². The van der Waals surface area contributed by atoms with E-state index in [1.165, 1.54) is 35.1 Å². The minimum Gasteiger partial charge on any atom is -0.477 e. The molecular weight excluding hydrogens is 731 g/mol. The lowest BCUT2D eigenvalue weighted by molar-refractivity contribution is -0.156. The lowest BCUT2D eigenvalue weighted by Crippen LogP contribution is -2.71. The van der Waals surface area contributed by atoms with Gasteiger partial charge in [0.25, 0.3) is 11.8 Å². The van der Waals surface area contributed by atoms with Crippen molar-refractivity contribution in [1.82, 2.24) is 45.1 Å². The first-order chi connectivity index (χ1) is 24.2. The number of fused-ring (bicyclic) bond motifs is 1. The first-order valence-corrected chi connectivity index (χ1v) is 18.6. The van der Waals surface area contributed by atoms with Crippen LogP contribution in [0.2, 0.25) is 0 Å². The number of nitrogens with zero attached hydrogens (tertiary/aromatic N) is 8. The van der Waals surface area contributed by atoms with Gasteiger partial charge in [-0.1, -0.05) is 30.3 Å². The molecule has 2 aromatic heterocycles. The molecular formula is C28H39N11O9S3. The van der Waals surface area contributed by atoms with Crippen LogP contribution in [0.15, 0.2) is 21.6 Å². The van der Waals surface area contributed by atoms with Crippen LogP contribution in [0.5, 0.6) is 0 Å². The number of ether oxygens (including phenoxy) is 2. The van der Waals surface area contributed by atoms with E-state index < -0.39 is 58.7 Å². The van der Waals surface area contributed by atoms with Gasteiger partial charge in [0.2, 0.25) is 22.8 Å². The third kappa shape index (κ3) is 10.5. The van der Waals surface area contributed by atoms with Gasteiger partial charge in [0.15, 0.2) is 5.13 Å². The van der Waals surface area contributed by atoms with Crippen molar-refractivity contribution in [3.05, 3.63) is 17.1 Å². The number of alkyl carbamates (subject to hydrolysis) is 1. The predicted molar refractivity (Wildman–Crippen MR) is 184 cm³/mol. The number of aliphatic carboxylic acids is 1. The average Bonchev–Trinajstić information content (AvgIpc) is 3.71. The molecule has 2 aliphatic rings. The van der Waals surface area contributed by atoms with Crippen LogP contribution in [-0.2, 0) is 40.0 Å². The number of carboxylic acid groups (broad SMARTS) is 1. The molecule has 4 heterocycles. The van der Waals surface area contributed by atoms with Crippen LogP contribution >= 0.6 is 35.1 Å². The van der Waals surface area contributed by atoms with Crippen LogP contribution in [0, 0.1) is 0 Å². The van der Waals surface area contributed by atoms with Gasteiger partial charge < -0.3 is 35.8 Å². The number of thioether (sulfide) groups is 2. The van der Waals surface area contributed by atoms with E-state index in [1.807, 2.05) is 6.92 Å². The molecule has 0 aliphatic carbocycles. The minimum absolute atomic E-state index is 0.0390. The number of aryl methyl sites for hydroxylation is 1. The van der Waals surface area contributed by atoms with E-state index in [-0.39, 0.29) is 34.8 Å². The van der Waals surface area contributed by atoms with Gasteiger partial charge in [0.1, 0.15) is 22.7 Å². The fourth-order valence-corrected chi connectivity index (χ4v) is 7.28. The molecule has 0 bridgehead atoms. The fourth-order valence-electron chi connectivity index (χ4n) is 4.45.